The number of barbiturate groups is 1. The minimum Gasteiger partial charge on any atom is -0.277 e. The highest BCUT2D eigenvalue weighted by Crippen LogP contribution is 2.33. The molecule has 0 spiro atoms. The van der Waals surface area contributed by atoms with Gasteiger partial charge in [0.15, 0.2) is 0 Å². The first-order chi connectivity index (χ1) is 7.43. The first-order valence-electron chi connectivity index (χ1n) is 5.60. The lowest BCUT2D eigenvalue weighted by Gasteiger charge is -2.34. The Morgan fingerprint density at radius 2 is 1.94 bits per heavy atom. The summed E-state index contributed by atoms with van der Waals surface area (Å²) >= 11 is 0. The molecule has 16 heavy (non-hydrogen) atoms. The summed E-state index contributed by atoms with van der Waals surface area (Å²) in [6.45, 7) is 3.51. The van der Waals surface area contributed by atoms with Crippen LogP contribution in [-0.2, 0) is 9.59 Å². The molecule has 1 heterocycles. The molecule has 2 rings (SSSR count). The molecule has 2 fully saturated rings. The van der Waals surface area contributed by atoms with Crippen LogP contribution in [0.3, 0.4) is 0 Å². The van der Waals surface area contributed by atoms with Gasteiger partial charge in [-0.1, -0.05) is 12.8 Å². The molecule has 4 amide bonds. The highest BCUT2D eigenvalue weighted by Gasteiger charge is 2.46. The smallest absolute Gasteiger partial charge is 0.277 e. The third-order valence-corrected chi connectivity index (χ3v) is 3.27. The zero-order valence-electron chi connectivity index (χ0n) is 9.58. The van der Waals surface area contributed by atoms with Gasteiger partial charge < -0.3 is 0 Å². The van der Waals surface area contributed by atoms with E-state index in [1.54, 1.807) is 13.8 Å². The molecule has 0 atom stereocenters. The summed E-state index contributed by atoms with van der Waals surface area (Å²) in [5, 5.41) is 2.22. The molecule has 5 nitrogen and oxygen atoms in total. The lowest BCUT2D eigenvalue weighted by atomic mass is 9.88. The predicted octanol–water partition coefficient (Wildman–Crippen LogP) is 0.891. The van der Waals surface area contributed by atoms with Crippen molar-refractivity contribution in [2.45, 2.75) is 33.1 Å². The molecule has 0 aromatic carbocycles. The molecule has 1 aliphatic carbocycles. The Morgan fingerprint density at radius 3 is 2.50 bits per heavy atom. The highest BCUT2D eigenvalue weighted by molar-refractivity contribution is 6.18. The van der Waals surface area contributed by atoms with E-state index in [1.807, 2.05) is 0 Å². The predicted molar refractivity (Wildman–Crippen MR) is 56.4 cm³/mol. The van der Waals surface area contributed by atoms with E-state index in [2.05, 4.69) is 5.32 Å². The van der Waals surface area contributed by atoms with Gasteiger partial charge in [-0.05, 0) is 26.2 Å². The Hall–Kier alpha value is -1.39. The largest absolute Gasteiger partial charge is 0.330 e. The second-order valence-electron chi connectivity index (χ2n) is 5.07. The number of imide groups is 2. The van der Waals surface area contributed by atoms with E-state index in [4.69, 9.17) is 0 Å². The lowest BCUT2D eigenvalue weighted by molar-refractivity contribution is -0.149. The fourth-order valence-electron chi connectivity index (χ4n) is 1.77. The number of nitrogens with zero attached hydrogens (tertiary/aromatic N) is 1. The second-order valence-corrected chi connectivity index (χ2v) is 5.07. The standard InChI is InChI=1S/C11H16N2O3/c1-11(2)8(14)12-10(16)13(9(11)15)6-5-7-3-4-7/h7H,3-6H2,1-2H3,(H,12,14,16). The monoisotopic (exact) mass is 224 g/mol. The lowest BCUT2D eigenvalue weighted by Crippen LogP contribution is -2.61. The minimum atomic E-state index is -1.13. The first kappa shape index (κ1) is 11.1. The van der Waals surface area contributed by atoms with Crippen LogP contribution in [0.4, 0.5) is 4.79 Å². The molecule has 1 saturated carbocycles. The highest BCUT2D eigenvalue weighted by atomic mass is 16.2. The maximum atomic E-state index is 11.9. The van der Waals surface area contributed by atoms with Crippen LogP contribution < -0.4 is 5.32 Å². The van der Waals surface area contributed by atoms with Crippen LogP contribution in [0.15, 0.2) is 0 Å². The fourth-order valence-corrected chi connectivity index (χ4v) is 1.77. The molecule has 0 unspecified atom stereocenters. The van der Waals surface area contributed by atoms with Gasteiger partial charge in [-0.25, -0.2) is 4.79 Å². The van der Waals surface area contributed by atoms with E-state index >= 15 is 0 Å². The summed E-state index contributed by atoms with van der Waals surface area (Å²) in [5.74, 6) is -0.242. The number of carbonyl (C=O) groups is 3. The van der Waals surface area contributed by atoms with E-state index in [0.717, 1.165) is 6.42 Å². The minimum absolute atomic E-state index is 0.387. The molecule has 1 aliphatic heterocycles. The Kier molecular flexibility index (Phi) is 2.48. The van der Waals surface area contributed by atoms with Crippen molar-refractivity contribution < 1.29 is 14.4 Å². The van der Waals surface area contributed by atoms with Gasteiger partial charge in [0.05, 0.1) is 0 Å². The number of hydrogen-bond donors (Lipinski definition) is 1. The Bertz CT molecular complexity index is 358. The van der Waals surface area contributed by atoms with Crippen molar-refractivity contribution in [2.75, 3.05) is 6.54 Å². The second kappa shape index (κ2) is 3.57. The number of rotatable bonds is 3. The third kappa shape index (κ3) is 1.81. The molecule has 5 heteroatoms. The van der Waals surface area contributed by atoms with Gasteiger partial charge in [0.1, 0.15) is 5.41 Å². The van der Waals surface area contributed by atoms with Crippen LogP contribution >= 0.6 is 0 Å². The van der Waals surface area contributed by atoms with Crippen LogP contribution in [0.5, 0.6) is 0 Å². The Balaban J connectivity index is 2.07. The van der Waals surface area contributed by atoms with Crippen LogP contribution in [0.2, 0.25) is 0 Å². The topological polar surface area (TPSA) is 66.5 Å². The normalized spacial score (nSPS) is 24.6. The Labute approximate surface area is 94.2 Å². The number of carbonyl (C=O) groups excluding carboxylic acids is 3. The van der Waals surface area contributed by atoms with Gasteiger partial charge in [-0.3, -0.25) is 19.8 Å². The molecule has 0 aromatic rings. The molecular weight excluding hydrogens is 208 g/mol. The van der Waals surface area contributed by atoms with Crippen LogP contribution in [0, 0.1) is 11.3 Å². The average molecular weight is 224 g/mol. The summed E-state index contributed by atoms with van der Waals surface area (Å²) in [6.07, 6.45) is 3.22. The van der Waals surface area contributed by atoms with Gasteiger partial charge in [-0.15, -0.1) is 0 Å². The maximum Gasteiger partial charge on any atom is 0.330 e. The first-order valence-corrected chi connectivity index (χ1v) is 5.60. The molecular formula is C11H16N2O3. The van der Waals surface area contributed by atoms with Gasteiger partial charge in [-0.2, -0.15) is 0 Å². The van der Waals surface area contributed by atoms with Gasteiger partial charge in [0.2, 0.25) is 11.8 Å². The number of nitrogens with one attached hydrogen (secondary N) is 1. The van der Waals surface area contributed by atoms with Gasteiger partial charge in [0, 0.05) is 6.54 Å². The average Bonchev–Trinajstić information content (AvgIpc) is 2.99. The Morgan fingerprint density at radius 1 is 1.31 bits per heavy atom. The van der Waals surface area contributed by atoms with Crippen molar-refractivity contribution in [1.82, 2.24) is 10.2 Å². The fraction of sp³-hybridized carbons (Fsp3) is 0.727. The SMILES string of the molecule is CC1(C)C(=O)NC(=O)N(CCC2CC2)C1=O. The van der Waals surface area contributed by atoms with E-state index in [1.165, 1.54) is 17.7 Å². The van der Waals surface area contributed by atoms with Crippen molar-refractivity contribution in [3.05, 3.63) is 0 Å². The third-order valence-electron chi connectivity index (χ3n) is 3.27. The molecule has 0 aromatic heterocycles. The van der Waals surface area contributed by atoms with E-state index < -0.39 is 17.4 Å². The summed E-state index contributed by atoms with van der Waals surface area (Å²) in [5.41, 5.74) is -1.13. The summed E-state index contributed by atoms with van der Waals surface area (Å²) in [4.78, 5) is 36.1. The molecule has 88 valence electrons. The van der Waals surface area contributed by atoms with Crippen LogP contribution in [0.25, 0.3) is 0 Å². The van der Waals surface area contributed by atoms with Crippen molar-refractivity contribution in [2.24, 2.45) is 11.3 Å². The van der Waals surface area contributed by atoms with Crippen molar-refractivity contribution >= 4 is 17.8 Å². The summed E-state index contributed by atoms with van der Waals surface area (Å²) in [6, 6.07) is -0.574. The zero-order chi connectivity index (χ0) is 11.9. The van der Waals surface area contributed by atoms with E-state index in [-0.39, 0.29) is 5.91 Å². The summed E-state index contributed by atoms with van der Waals surface area (Å²) < 4.78 is 0. The van der Waals surface area contributed by atoms with Crippen molar-refractivity contribution in [3.63, 3.8) is 0 Å². The van der Waals surface area contributed by atoms with Crippen molar-refractivity contribution in [3.8, 4) is 0 Å². The molecule has 2 aliphatic rings. The molecule has 0 bridgehead atoms. The zero-order valence-corrected chi connectivity index (χ0v) is 9.58. The van der Waals surface area contributed by atoms with Crippen LogP contribution in [0.1, 0.15) is 33.1 Å². The molecule has 1 saturated heterocycles. The molecule has 0 radical (unpaired) electrons. The molecule has 1 N–H and O–H groups in total. The quantitative estimate of drug-likeness (QED) is 0.724. The number of amides is 4. The van der Waals surface area contributed by atoms with Crippen molar-refractivity contribution in [1.29, 1.82) is 0 Å². The van der Waals surface area contributed by atoms with Gasteiger partial charge >= 0.3 is 6.03 Å². The van der Waals surface area contributed by atoms with E-state index in [9.17, 15) is 14.4 Å². The van der Waals surface area contributed by atoms with Gasteiger partial charge in [0.25, 0.3) is 0 Å². The van der Waals surface area contributed by atoms with E-state index in [0.29, 0.717) is 12.5 Å². The number of hydrogen-bond acceptors (Lipinski definition) is 3. The number of urea groups is 1. The van der Waals surface area contributed by atoms with Crippen LogP contribution in [-0.4, -0.2) is 29.3 Å². The maximum absolute atomic E-state index is 11.9. The summed E-state index contributed by atoms with van der Waals surface area (Å²) in [7, 11) is 0.